The predicted molar refractivity (Wildman–Crippen MR) is 95.3 cm³/mol. The number of anilines is 1. The highest BCUT2D eigenvalue weighted by molar-refractivity contribution is 7.10. The molecule has 3 heterocycles. The molecule has 0 fully saturated rings. The van der Waals surface area contributed by atoms with Crippen LogP contribution in [0.1, 0.15) is 36.1 Å². The molecule has 1 aromatic carbocycles. The summed E-state index contributed by atoms with van der Waals surface area (Å²) in [4.78, 5) is 3.40. The highest BCUT2D eigenvalue weighted by Crippen LogP contribution is 2.37. The predicted octanol–water partition coefficient (Wildman–Crippen LogP) is 3.71. The van der Waals surface area contributed by atoms with Crippen molar-refractivity contribution in [1.82, 2.24) is 0 Å². The Morgan fingerprint density at radius 2 is 2.00 bits per heavy atom. The molecule has 2 aromatic rings. The van der Waals surface area contributed by atoms with Gasteiger partial charge in [0.25, 0.3) is 11.6 Å². The average molecular weight is 327 g/mol. The van der Waals surface area contributed by atoms with Crippen LogP contribution in [-0.4, -0.2) is 28.6 Å². The van der Waals surface area contributed by atoms with Gasteiger partial charge in [0.1, 0.15) is 5.69 Å². The summed E-state index contributed by atoms with van der Waals surface area (Å²) in [7, 11) is 0. The number of hydrogen-bond donors (Lipinski definition) is 1. The lowest BCUT2D eigenvalue weighted by molar-refractivity contribution is -0.657. The number of nitrogens with zero attached hydrogens (tertiary/aromatic N) is 2. The first kappa shape index (κ1) is 14.9. The SMILES string of the molecule is Cc1ccccc1N1C[C@](O)(c2cccs2)[N+]2=C1CCCCC2. The summed E-state index contributed by atoms with van der Waals surface area (Å²) in [5.74, 6) is 1.28. The number of β-amino-alcohol motifs (C(OH)–C–C–N with tert-alkyl or cyclic N) is 1. The highest BCUT2D eigenvalue weighted by atomic mass is 32.1. The zero-order chi connectivity index (χ0) is 15.9. The molecular formula is C19H23N2OS+. The third-order valence-corrected chi connectivity index (χ3v) is 6.06. The molecule has 120 valence electrons. The number of amidine groups is 1. The van der Waals surface area contributed by atoms with Crippen molar-refractivity contribution in [3.63, 3.8) is 0 Å². The van der Waals surface area contributed by atoms with E-state index in [0.717, 1.165) is 24.3 Å². The van der Waals surface area contributed by atoms with E-state index in [2.05, 4.69) is 52.1 Å². The molecule has 0 radical (unpaired) electrons. The molecule has 2 aliphatic rings. The molecular weight excluding hydrogens is 304 g/mol. The molecule has 4 heteroatoms. The number of benzene rings is 1. The fourth-order valence-electron chi connectivity index (χ4n) is 3.88. The molecule has 0 spiro atoms. The first-order chi connectivity index (χ1) is 11.2. The number of rotatable bonds is 2. The molecule has 0 saturated heterocycles. The van der Waals surface area contributed by atoms with Crippen molar-refractivity contribution in [2.75, 3.05) is 18.0 Å². The quantitative estimate of drug-likeness (QED) is 0.851. The fourth-order valence-corrected chi connectivity index (χ4v) is 4.70. The van der Waals surface area contributed by atoms with Crippen LogP contribution in [0, 0.1) is 6.92 Å². The number of para-hydroxylation sites is 1. The number of thiophene rings is 1. The van der Waals surface area contributed by atoms with Gasteiger partial charge < -0.3 is 5.11 Å². The van der Waals surface area contributed by atoms with E-state index in [-0.39, 0.29) is 0 Å². The summed E-state index contributed by atoms with van der Waals surface area (Å²) < 4.78 is 2.26. The van der Waals surface area contributed by atoms with Crippen LogP contribution in [0.3, 0.4) is 0 Å². The highest BCUT2D eigenvalue weighted by Gasteiger charge is 2.52. The van der Waals surface area contributed by atoms with Crippen LogP contribution in [-0.2, 0) is 5.72 Å². The third-order valence-electron chi connectivity index (χ3n) is 5.05. The lowest BCUT2D eigenvalue weighted by Gasteiger charge is -2.22. The Kier molecular flexibility index (Phi) is 3.74. The molecule has 1 atom stereocenters. The van der Waals surface area contributed by atoms with Gasteiger partial charge in [-0.3, -0.25) is 0 Å². The van der Waals surface area contributed by atoms with Crippen molar-refractivity contribution in [3.05, 3.63) is 52.2 Å². The monoisotopic (exact) mass is 327 g/mol. The summed E-state index contributed by atoms with van der Waals surface area (Å²) in [6, 6.07) is 12.6. The zero-order valence-electron chi connectivity index (χ0n) is 13.5. The van der Waals surface area contributed by atoms with Crippen molar-refractivity contribution in [2.45, 2.75) is 38.3 Å². The maximum atomic E-state index is 11.6. The molecule has 2 aliphatic heterocycles. The first-order valence-corrected chi connectivity index (χ1v) is 9.31. The van der Waals surface area contributed by atoms with Crippen molar-refractivity contribution in [2.24, 2.45) is 0 Å². The van der Waals surface area contributed by atoms with Crippen molar-refractivity contribution in [1.29, 1.82) is 0 Å². The summed E-state index contributed by atoms with van der Waals surface area (Å²) >= 11 is 1.65. The second-order valence-electron chi connectivity index (χ2n) is 6.55. The van der Waals surface area contributed by atoms with Gasteiger partial charge in [-0.25, -0.2) is 9.48 Å². The number of aliphatic hydroxyl groups is 1. The lowest BCUT2D eigenvalue weighted by Crippen LogP contribution is -2.40. The van der Waals surface area contributed by atoms with E-state index < -0.39 is 5.72 Å². The van der Waals surface area contributed by atoms with Gasteiger partial charge in [-0.1, -0.05) is 24.3 Å². The normalized spacial score (nSPS) is 24.7. The second-order valence-corrected chi connectivity index (χ2v) is 7.49. The zero-order valence-corrected chi connectivity index (χ0v) is 14.4. The average Bonchev–Trinajstić information content (AvgIpc) is 3.10. The number of hydrogen-bond acceptors (Lipinski definition) is 3. The standard InChI is InChI=1S/C19H23N2OS/c1-15-8-4-5-9-16(15)20-14-19(22,17-10-7-13-23-17)21-12-6-2-3-11-18(20)21/h4-5,7-10,13,22H,2-3,6,11-12,14H2,1H3/q+1/t19-/m0/s1. The van der Waals surface area contributed by atoms with Gasteiger partial charge in [-0.15, -0.1) is 11.3 Å². The Bertz CT molecular complexity index is 738. The van der Waals surface area contributed by atoms with Gasteiger partial charge in [0, 0.05) is 6.42 Å². The van der Waals surface area contributed by atoms with Gasteiger partial charge >= 0.3 is 0 Å². The second kappa shape index (κ2) is 5.77. The van der Waals surface area contributed by atoms with Crippen LogP contribution < -0.4 is 4.90 Å². The summed E-state index contributed by atoms with van der Waals surface area (Å²) in [5, 5.41) is 13.6. The molecule has 0 saturated carbocycles. The van der Waals surface area contributed by atoms with Crippen LogP contribution in [0.4, 0.5) is 5.69 Å². The van der Waals surface area contributed by atoms with Gasteiger partial charge in [-0.05, 0) is 49.3 Å². The van der Waals surface area contributed by atoms with Crippen LogP contribution in [0.5, 0.6) is 0 Å². The molecule has 1 N–H and O–H groups in total. The minimum atomic E-state index is -0.893. The Morgan fingerprint density at radius 3 is 2.78 bits per heavy atom. The Labute approximate surface area is 141 Å². The molecule has 3 nitrogen and oxygen atoms in total. The van der Waals surface area contributed by atoms with E-state index in [1.54, 1.807) is 11.3 Å². The van der Waals surface area contributed by atoms with Gasteiger partial charge in [0.05, 0.1) is 11.4 Å². The molecule has 4 rings (SSSR count). The van der Waals surface area contributed by atoms with Crippen molar-refractivity contribution >= 4 is 22.9 Å². The first-order valence-electron chi connectivity index (χ1n) is 8.43. The van der Waals surface area contributed by atoms with E-state index in [4.69, 9.17) is 0 Å². The molecule has 1 aromatic heterocycles. The third kappa shape index (κ3) is 2.41. The smallest absolute Gasteiger partial charge is 0.280 e. The Balaban J connectivity index is 1.84. The fraction of sp³-hybridized carbons (Fsp3) is 0.421. The molecule has 0 aliphatic carbocycles. The molecule has 0 amide bonds. The lowest BCUT2D eigenvalue weighted by atomic mass is 10.1. The van der Waals surface area contributed by atoms with E-state index in [0.29, 0.717) is 6.54 Å². The van der Waals surface area contributed by atoms with Crippen LogP contribution >= 0.6 is 11.3 Å². The van der Waals surface area contributed by atoms with Gasteiger partial charge in [0.2, 0.25) is 0 Å². The maximum absolute atomic E-state index is 11.6. The van der Waals surface area contributed by atoms with Crippen LogP contribution in [0.2, 0.25) is 0 Å². The topological polar surface area (TPSA) is 26.5 Å². The minimum absolute atomic E-state index is 0.619. The number of aryl methyl sites for hydroxylation is 1. The molecule has 0 bridgehead atoms. The summed E-state index contributed by atoms with van der Waals surface area (Å²) in [6.07, 6.45) is 4.64. The molecule has 0 unspecified atom stereocenters. The van der Waals surface area contributed by atoms with Crippen molar-refractivity contribution < 1.29 is 9.68 Å². The van der Waals surface area contributed by atoms with Crippen molar-refractivity contribution in [3.8, 4) is 0 Å². The maximum Gasteiger partial charge on any atom is 0.280 e. The van der Waals surface area contributed by atoms with Gasteiger partial charge in [-0.2, -0.15) is 0 Å². The molecule has 23 heavy (non-hydrogen) atoms. The Hall–Kier alpha value is -1.65. The van der Waals surface area contributed by atoms with Crippen LogP contribution in [0.15, 0.2) is 41.8 Å². The van der Waals surface area contributed by atoms with Gasteiger partial charge in [0.15, 0.2) is 6.54 Å². The minimum Gasteiger partial charge on any atom is -0.346 e. The van der Waals surface area contributed by atoms with E-state index in [9.17, 15) is 5.11 Å². The largest absolute Gasteiger partial charge is 0.346 e. The summed E-state index contributed by atoms with van der Waals surface area (Å²) in [5.41, 5.74) is 1.59. The van der Waals surface area contributed by atoms with E-state index >= 15 is 0 Å². The summed E-state index contributed by atoms with van der Waals surface area (Å²) in [6.45, 7) is 3.71. The van der Waals surface area contributed by atoms with Crippen LogP contribution in [0.25, 0.3) is 0 Å². The van der Waals surface area contributed by atoms with E-state index in [1.807, 2.05) is 6.07 Å². The van der Waals surface area contributed by atoms with E-state index in [1.165, 1.54) is 29.9 Å². The Morgan fingerprint density at radius 1 is 1.13 bits per heavy atom.